The number of nitrogens with one attached hydrogen (secondary N) is 1. The molecule has 0 spiro atoms. The van der Waals surface area contributed by atoms with Gasteiger partial charge in [0, 0.05) is 38.1 Å². The van der Waals surface area contributed by atoms with Crippen molar-refractivity contribution in [2.45, 2.75) is 6.18 Å². The van der Waals surface area contributed by atoms with Gasteiger partial charge in [-0.3, -0.25) is 0 Å². The number of halogens is 4. The van der Waals surface area contributed by atoms with E-state index in [1.54, 1.807) is 9.80 Å². The van der Waals surface area contributed by atoms with Crippen LogP contribution in [0, 0.1) is 11.3 Å². The van der Waals surface area contributed by atoms with E-state index in [0.717, 1.165) is 18.0 Å². The van der Waals surface area contributed by atoms with Gasteiger partial charge in [0.1, 0.15) is 28.3 Å². The van der Waals surface area contributed by atoms with Crippen molar-refractivity contribution in [3.05, 3.63) is 64.6 Å². The number of para-hydroxylation sites is 1. The summed E-state index contributed by atoms with van der Waals surface area (Å²) in [6.45, 7) is 1.67. The van der Waals surface area contributed by atoms with Gasteiger partial charge in [-0.2, -0.15) is 18.4 Å². The summed E-state index contributed by atoms with van der Waals surface area (Å²) in [5, 5.41) is 12.5. The Labute approximate surface area is 187 Å². The van der Waals surface area contributed by atoms with Gasteiger partial charge >= 0.3 is 6.18 Å². The average molecular weight is 467 g/mol. The van der Waals surface area contributed by atoms with Gasteiger partial charge in [0.15, 0.2) is 0 Å². The van der Waals surface area contributed by atoms with E-state index in [2.05, 4.69) is 10.3 Å². The molecular weight excluding hydrogens is 449 g/mol. The third-order valence-corrected chi connectivity index (χ3v) is 5.28. The van der Waals surface area contributed by atoms with Gasteiger partial charge in [0.25, 0.3) is 0 Å². The Kier molecular flexibility index (Phi) is 6.87. The maximum atomic E-state index is 12.8. The van der Waals surface area contributed by atoms with Crippen LogP contribution in [0.25, 0.3) is 0 Å². The molecule has 1 aromatic carbocycles. The van der Waals surface area contributed by atoms with Crippen LogP contribution in [-0.2, 0) is 6.18 Å². The Morgan fingerprint density at radius 3 is 2.39 bits per heavy atom. The van der Waals surface area contributed by atoms with E-state index in [-0.39, 0.29) is 27.2 Å². The number of nitriles is 1. The first-order valence-corrected chi connectivity index (χ1v) is 9.98. The highest BCUT2D eigenvalue weighted by Gasteiger charge is 2.32. The van der Waals surface area contributed by atoms with E-state index in [9.17, 15) is 18.4 Å². The molecule has 0 bridgehead atoms. The highest BCUT2D eigenvalue weighted by atomic mass is 35.5. The molecule has 0 radical (unpaired) electrons. The molecule has 0 amide bonds. The van der Waals surface area contributed by atoms with E-state index in [4.69, 9.17) is 29.6 Å². The zero-order valence-electron chi connectivity index (χ0n) is 16.2. The standard InChI is InChI=1S/C20H18ClF3N6S/c21-16-10-13(20(22,23)24)12-27-18(16)30-8-6-29(7-9-30)17(26)15(11-25)19(31)28-14-4-2-1-3-5-14/h1-5,10,12H,6-9,26H2,(H,28,31)/b17-15-. The van der Waals surface area contributed by atoms with E-state index in [0.29, 0.717) is 26.2 Å². The number of thiocarbonyl (C=S) groups is 1. The molecule has 6 nitrogen and oxygen atoms in total. The molecule has 2 aromatic rings. The minimum Gasteiger partial charge on any atom is -0.384 e. The third kappa shape index (κ3) is 5.37. The van der Waals surface area contributed by atoms with Gasteiger partial charge in [-0.05, 0) is 18.2 Å². The lowest BCUT2D eigenvalue weighted by Crippen LogP contribution is -2.48. The number of hydrogen-bond donors (Lipinski definition) is 2. The van der Waals surface area contributed by atoms with Crippen molar-refractivity contribution in [2.24, 2.45) is 5.73 Å². The Morgan fingerprint density at radius 1 is 1.19 bits per heavy atom. The van der Waals surface area contributed by atoms with E-state index < -0.39 is 11.7 Å². The van der Waals surface area contributed by atoms with Crippen molar-refractivity contribution < 1.29 is 13.2 Å². The van der Waals surface area contributed by atoms with Crippen LogP contribution in [0.3, 0.4) is 0 Å². The summed E-state index contributed by atoms with van der Waals surface area (Å²) in [5.41, 5.74) is 6.20. The first-order valence-electron chi connectivity index (χ1n) is 9.19. The summed E-state index contributed by atoms with van der Waals surface area (Å²) in [6.07, 6.45) is -3.74. The molecule has 0 saturated carbocycles. The summed E-state index contributed by atoms with van der Waals surface area (Å²) in [5.74, 6) is 0.515. The second kappa shape index (κ2) is 9.41. The number of aromatic nitrogens is 1. The number of nitrogens with two attached hydrogens (primary N) is 1. The summed E-state index contributed by atoms with van der Waals surface area (Å²) < 4.78 is 38.4. The van der Waals surface area contributed by atoms with Crippen LogP contribution in [0.5, 0.6) is 0 Å². The molecule has 2 heterocycles. The Hall–Kier alpha value is -3.03. The number of rotatable bonds is 4. The maximum Gasteiger partial charge on any atom is 0.417 e. The summed E-state index contributed by atoms with van der Waals surface area (Å²) >= 11 is 11.4. The van der Waals surface area contributed by atoms with Crippen LogP contribution in [0.4, 0.5) is 24.7 Å². The SMILES string of the molecule is N#C/C(C(=S)Nc1ccccc1)=C(\N)N1CCN(c2ncc(C(F)(F)F)cc2Cl)CC1. The Morgan fingerprint density at radius 2 is 1.84 bits per heavy atom. The van der Waals surface area contributed by atoms with Gasteiger partial charge < -0.3 is 20.9 Å². The number of piperazine rings is 1. The molecule has 1 aromatic heterocycles. The van der Waals surface area contributed by atoms with Gasteiger partial charge in [-0.1, -0.05) is 42.0 Å². The minimum atomic E-state index is -4.51. The highest BCUT2D eigenvalue weighted by molar-refractivity contribution is 7.81. The molecule has 0 aliphatic carbocycles. The minimum absolute atomic E-state index is 0.0715. The number of pyridine rings is 1. The third-order valence-electron chi connectivity index (χ3n) is 4.70. The zero-order valence-corrected chi connectivity index (χ0v) is 17.7. The van der Waals surface area contributed by atoms with Crippen LogP contribution in [0.15, 0.2) is 54.0 Å². The summed E-state index contributed by atoms with van der Waals surface area (Å²) in [7, 11) is 0. The molecule has 1 aliphatic rings. The lowest BCUT2D eigenvalue weighted by molar-refractivity contribution is -0.137. The lowest BCUT2D eigenvalue weighted by Gasteiger charge is -2.37. The first-order chi connectivity index (χ1) is 14.7. The number of nitrogens with zero attached hydrogens (tertiary/aromatic N) is 4. The fraction of sp³-hybridized carbons (Fsp3) is 0.250. The fourth-order valence-electron chi connectivity index (χ4n) is 3.08. The second-order valence-electron chi connectivity index (χ2n) is 6.69. The van der Waals surface area contributed by atoms with Gasteiger partial charge in [0.2, 0.25) is 0 Å². The predicted molar refractivity (Wildman–Crippen MR) is 118 cm³/mol. The highest BCUT2D eigenvalue weighted by Crippen LogP contribution is 2.33. The lowest BCUT2D eigenvalue weighted by atomic mass is 10.2. The van der Waals surface area contributed by atoms with E-state index in [1.807, 2.05) is 36.4 Å². The van der Waals surface area contributed by atoms with E-state index in [1.165, 1.54) is 0 Å². The molecule has 162 valence electrons. The topological polar surface area (TPSA) is 81.2 Å². The van der Waals surface area contributed by atoms with Gasteiger partial charge in [0.05, 0.1) is 10.6 Å². The van der Waals surface area contributed by atoms with Gasteiger partial charge in [-0.15, -0.1) is 0 Å². The molecular formula is C20H18ClF3N6S. The average Bonchev–Trinajstić information content (AvgIpc) is 2.74. The second-order valence-corrected chi connectivity index (χ2v) is 7.51. The van der Waals surface area contributed by atoms with Crippen molar-refractivity contribution in [2.75, 3.05) is 36.4 Å². The smallest absolute Gasteiger partial charge is 0.384 e. The molecule has 0 unspecified atom stereocenters. The van der Waals surface area contributed by atoms with Crippen LogP contribution in [-0.4, -0.2) is 41.1 Å². The molecule has 1 aliphatic heterocycles. The van der Waals surface area contributed by atoms with Gasteiger partial charge in [-0.25, -0.2) is 4.98 Å². The molecule has 3 rings (SSSR count). The normalized spacial score (nSPS) is 15.2. The predicted octanol–water partition coefficient (Wildman–Crippen LogP) is 4.01. The molecule has 1 saturated heterocycles. The fourth-order valence-corrected chi connectivity index (χ4v) is 3.63. The molecule has 11 heteroatoms. The van der Waals surface area contributed by atoms with Crippen molar-refractivity contribution in [3.63, 3.8) is 0 Å². The van der Waals surface area contributed by atoms with Crippen molar-refractivity contribution in [1.82, 2.24) is 9.88 Å². The van der Waals surface area contributed by atoms with Crippen LogP contribution in [0.2, 0.25) is 5.02 Å². The summed E-state index contributed by atoms with van der Waals surface area (Å²) in [4.78, 5) is 7.68. The number of hydrogen-bond acceptors (Lipinski definition) is 6. The monoisotopic (exact) mass is 466 g/mol. The van der Waals surface area contributed by atoms with Crippen molar-refractivity contribution in [1.29, 1.82) is 5.26 Å². The molecule has 3 N–H and O–H groups in total. The number of benzene rings is 1. The Bertz CT molecular complexity index is 1030. The molecule has 31 heavy (non-hydrogen) atoms. The first kappa shape index (κ1) is 22.7. The molecule has 0 atom stereocenters. The van der Waals surface area contributed by atoms with Crippen LogP contribution in [0.1, 0.15) is 5.56 Å². The maximum absolute atomic E-state index is 12.8. The largest absolute Gasteiger partial charge is 0.417 e. The van der Waals surface area contributed by atoms with Crippen LogP contribution >= 0.6 is 23.8 Å². The number of alkyl halides is 3. The number of anilines is 2. The zero-order chi connectivity index (χ0) is 22.6. The Balaban J connectivity index is 1.69. The van der Waals surface area contributed by atoms with Crippen LogP contribution < -0.4 is 16.0 Å². The van der Waals surface area contributed by atoms with Crippen molar-refractivity contribution in [3.8, 4) is 6.07 Å². The molecule has 1 fully saturated rings. The van der Waals surface area contributed by atoms with Crippen molar-refractivity contribution >= 4 is 40.3 Å². The quantitative estimate of drug-likeness (QED) is 0.400. The summed E-state index contributed by atoms with van der Waals surface area (Å²) in [6, 6.07) is 12.1. The van der Waals surface area contributed by atoms with E-state index >= 15 is 0 Å².